The summed E-state index contributed by atoms with van der Waals surface area (Å²) in [5.41, 5.74) is 1.29. The van der Waals surface area contributed by atoms with Crippen molar-refractivity contribution in [1.82, 2.24) is 9.88 Å². The third-order valence-electron chi connectivity index (χ3n) is 2.31. The van der Waals surface area contributed by atoms with Gasteiger partial charge in [0.15, 0.2) is 0 Å². The summed E-state index contributed by atoms with van der Waals surface area (Å²) in [6, 6.07) is 1.53. The minimum Gasteiger partial charge on any atom is -0.480 e. The number of carboxylic acids is 1. The van der Waals surface area contributed by atoms with Crippen LogP contribution in [0.25, 0.3) is 0 Å². The fourth-order valence-electron chi connectivity index (χ4n) is 1.47. The van der Waals surface area contributed by atoms with Crippen molar-refractivity contribution in [3.63, 3.8) is 0 Å². The predicted octanol–water partition coefficient (Wildman–Crippen LogP) is 1.33. The Morgan fingerprint density at radius 3 is 2.53 bits per heavy atom. The lowest BCUT2D eigenvalue weighted by molar-refractivity contribution is -0.138. The van der Waals surface area contributed by atoms with Crippen LogP contribution in [-0.2, 0) is 4.79 Å². The van der Waals surface area contributed by atoms with Crippen LogP contribution in [0.2, 0.25) is 0 Å². The van der Waals surface area contributed by atoms with Crippen molar-refractivity contribution in [2.75, 3.05) is 6.54 Å². The molecule has 5 nitrogen and oxygen atoms in total. The van der Waals surface area contributed by atoms with Gasteiger partial charge in [-0.25, -0.2) is 0 Å². The molecular weight excluding hydrogens is 220 g/mol. The maximum atomic E-state index is 12.1. The Morgan fingerprint density at radius 1 is 1.41 bits per heavy atom. The molecule has 0 bridgehead atoms. The van der Waals surface area contributed by atoms with Gasteiger partial charge in [-0.1, -0.05) is 0 Å². The van der Waals surface area contributed by atoms with E-state index in [1.54, 1.807) is 26.1 Å². The molecule has 0 atom stereocenters. The average Bonchev–Trinajstić information content (AvgIpc) is 2.24. The Labute approximate surface area is 100 Å². The predicted molar refractivity (Wildman–Crippen MR) is 62.8 cm³/mol. The van der Waals surface area contributed by atoms with Gasteiger partial charge in [-0.2, -0.15) is 0 Å². The van der Waals surface area contributed by atoms with E-state index in [1.165, 1.54) is 11.1 Å². The molecular formula is C12H16N2O3. The minimum absolute atomic E-state index is 0.167. The van der Waals surface area contributed by atoms with Crippen LogP contribution in [0.4, 0.5) is 0 Å². The molecule has 0 aliphatic rings. The van der Waals surface area contributed by atoms with Crippen molar-refractivity contribution >= 4 is 11.9 Å². The lowest BCUT2D eigenvalue weighted by Gasteiger charge is -2.24. The molecule has 0 radical (unpaired) electrons. The Morgan fingerprint density at radius 2 is 2.06 bits per heavy atom. The highest BCUT2D eigenvalue weighted by atomic mass is 16.4. The maximum Gasteiger partial charge on any atom is 0.323 e. The molecule has 0 aliphatic heterocycles. The van der Waals surface area contributed by atoms with Gasteiger partial charge in [0.2, 0.25) is 0 Å². The van der Waals surface area contributed by atoms with E-state index in [2.05, 4.69) is 4.98 Å². The number of rotatable bonds is 4. The number of carbonyl (C=O) groups is 2. The second-order valence-corrected chi connectivity index (χ2v) is 4.17. The molecule has 1 rings (SSSR count). The second-order valence-electron chi connectivity index (χ2n) is 4.17. The van der Waals surface area contributed by atoms with E-state index in [0.29, 0.717) is 5.56 Å². The molecule has 1 aromatic heterocycles. The average molecular weight is 236 g/mol. The van der Waals surface area contributed by atoms with Gasteiger partial charge in [0.05, 0.1) is 5.56 Å². The standard InChI is InChI=1S/C12H16N2O3/c1-8(2)14(7-11(15)16)12(17)10-4-9(3)5-13-6-10/h4-6,8H,7H2,1-3H3,(H,15,16). The minimum atomic E-state index is -1.02. The molecule has 1 aromatic rings. The highest BCUT2D eigenvalue weighted by Crippen LogP contribution is 2.09. The first-order valence-electron chi connectivity index (χ1n) is 5.36. The zero-order valence-electron chi connectivity index (χ0n) is 10.2. The van der Waals surface area contributed by atoms with E-state index in [9.17, 15) is 9.59 Å². The van der Waals surface area contributed by atoms with Crippen LogP contribution >= 0.6 is 0 Å². The van der Waals surface area contributed by atoms with Crippen molar-refractivity contribution in [3.8, 4) is 0 Å². The van der Waals surface area contributed by atoms with E-state index < -0.39 is 5.97 Å². The van der Waals surface area contributed by atoms with Gasteiger partial charge in [-0.05, 0) is 32.4 Å². The van der Waals surface area contributed by atoms with Crippen molar-refractivity contribution in [1.29, 1.82) is 0 Å². The lowest BCUT2D eigenvalue weighted by atomic mass is 10.2. The van der Waals surface area contributed by atoms with Gasteiger partial charge in [-0.3, -0.25) is 14.6 Å². The summed E-state index contributed by atoms with van der Waals surface area (Å²) in [4.78, 5) is 28.0. The van der Waals surface area contributed by atoms with E-state index in [1.807, 2.05) is 6.92 Å². The van der Waals surface area contributed by atoms with Crippen molar-refractivity contribution < 1.29 is 14.7 Å². The smallest absolute Gasteiger partial charge is 0.323 e. The number of aryl methyl sites for hydroxylation is 1. The van der Waals surface area contributed by atoms with Gasteiger partial charge in [0.25, 0.3) is 5.91 Å². The fraction of sp³-hybridized carbons (Fsp3) is 0.417. The molecule has 17 heavy (non-hydrogen) atoms. The normalized spacial score (nSPS) is 10.4. The van der Waals surface area contributed by atoms with Gasteiger partial charge in [0.1, 0.15) is 6.54 Å². The van der Waals surface area contributed by atoms with Crippen LogP contribution in [-0.4, -0.2) is 39.5 Å². The third kappa shape index (κ3) is 3.55. The second kappa shape index (κ2) is 5.43. The number of aliphatic carboxylic acids is 1. The zero-order valence-corrected chi connectivity index (χ0v) is 10.2. The molecule has 0 aromatic carbocycles. The Kier molecular flexibility index (Phi) is 4.20. The molecule has 1 amide bonds. The lowest BCUT2D eigenvalue weighted by Crippen LogP contribution is -2.40. The molecule has 1 heterocycles. The van der Waals surface area contributed by atoms with Crippen LogP contribution in [0.5, 0.6) is 0 Å². The van der Waals surface area contributed by atoms with Crippen molar-refractivity contribution in [2.45, 2.75) is 26.8 Å². The van der Waals surface area contributed by atoms with E-state index in [4.69, 9.17) is 5.11 Å². The fourth-order valence-corrected chi connectivity index (χ4v) is 1.47. The van der Waals surface area contributed by atoms with Crippen LogP contribution in [0.15, 0.2) is 18.5 Å². The van der Waals surface area contributed by atoms with E-state index in [-0.39, 0.29) is 18.5 Å². The van der Waals surface area contributed by atoms with E-state index >= 15 is 0 Å². The summed E-state index contributed by atoms with van der Waals surface area (Å²) >= 11 is 0. The quantitative estimate of drug-likeness (QED) is 0.856. The summed E-state index contributed by atoms with van der Waals surface area (Å²) in [5, 5.41) is 8.77. The SMILES string of the molecule is Cc1cncc(C(=O)N(CC(=O)O)C(C)C)c1. The summed E-state index contributed by atoms with van der Waals surface area (Å²) < 4.78 is 0. The first-order valence-corrected chi connectivity index (χ1v) is 5.36. The molecule has 0 spiro atoms. The maximum absolute atomic E-state index is 12.1. The summed E-state index contributed by atoms with van der Waals surface area (Å²) in [5.74, 6) is -1.33. The largest absolute Gasteiger partial charge is 0.480 e. The Balaban J connectivity index is 2.95. The van der Waals surface area contributed by atoms with Crippen LogP contribution in [0.1, 0.15) is 29.8 Å². The number of pyridine rings is 1. The first-order chi connectivity index (χ1) is 7.91. The Hall–Kier alpha value is -1.91. The van der Waals surface area contributed by atoms with Gasteiger partial charge >= 0.3 is 5.97 Å². The van der Waals surface area contributed by atoms with Crippen molar-refractivity contribution in [2.24, 2.45) is 0 Å². The van der Waals surface area contributed by atoms with Crippen LogP contribution < -0.4 is 0 Å². The number of amides is 1. The molecule has 0 unspecified atom stereocenters. The summed E-state index contributed by atoms with van der Waals surface area (Å²) in [6.07, 6.45) is 3.10. The molecule has 5 heteroatoms. The molecule has 0 saturated carbocycles. The van der Waals surface area contributed by atoms with Crippen LogP contribution in [0.3, 0.4) is 0 Å². The van der Waals surface area contributed by atoms with Crippen LogP contribution in [0, 0.1) is 6.92 Å². The Bertz CT molecular complexity index is 430. The summed E-state index contributed by atoms with van der Waals surface area (Å²) in [7, 11) is 0. The third-order valence-corrected chi connectivity index (χ3v) is 2.31. The highest BCUT2D eigenvalue weighted by Gasteiger charge is 2.21. The molecule has 0 fully saturated rings. The number of carboxylic acid groups (broad SMARTS) is 1. The number of hydrogen-bond donors (Lipinski definition) is 1. The molecule has 1 N–H and O–H groups in total. The topological polar surface area (TPSA) is 70.5 Å². The van der Waals surface area contributed by atoms with Gasteiger partial charge < -0.3 is 10.0 Å². The molecule has 0 saturated heterocycles. The number of aromatic nitrogens is 1. The molecule has 92 valence electrons. The number of nitrogens with zero attached hydrogens (tertiary/aromatic N) is 2. The van der Waals surface area contributed by atoms with Gasteiger partial charge in [0, 0.05) is 18.4 Å². The zero-order chi connectivity index (χ0) is 13.0. The number of carbonyl (C=O) groups excluding carboxylic acids is 1. The monoisotopic (exact) mass is 236 g/mol. The molecule has 0 aliphatic carbocycles. The first kappa shape index (κ1) is 13.2. The van der Waals surface area contributed by atoms with Crippen molar-refractivity contribution in [3.05, 3.63) is 29.6 Å². The summed E-state index contributed by atoms with van der Waals surface area (Å²) in [6.45, 7) is 5.10. The van der Waals surface area contributed by atoms with Gasteiger partial charge in [-0.15, -0.1) is 0 Å². The highest BCUT2D eigenvalue weighted by molar-refractivity contribution is 5.95. The van der Waals surface area contributed by atoms with E-state index in [0.717, 1.165) is 5.56 Å². The number of hydrogen-bond acceptors (Lipinski definition) is 3.